The fourth-order valence-corrected chi connectivity index (χ4v) is 2.00. The molecule has 0 aliphatic rings. The second kappa shape index (κ2) is 6.91. The van der Waals surface area contributed by atoms with Gasteiger partial charge in [-0.1, -0.05) is 18.2 Å². The molecule has 1 heterocycles. The van der Waals surface area contributed by atoms with Gasteiger partial charge in [0.05, 0.1) is 0 Å². The Bertz CT molecular complexity index is 734. The minimum absolute atomic E-state index is 0.144. The summed E-state index contributed by atoms with van der Waals surface area (Å²) in [4.78, 5) is 35.5. The van der Waals surface area contributed by atoms with Crippen molar-refractivity contribution in [2.24, 2.45) is 7.05 Å². The van der Waals surface area contributed by atoms with Crippen molar-refractivity contribution in [2.45, 2.75) is 20.0 Å². The number of Topliss-reactive ketones (excluding diaryl/α,β-unsaturated/α-hetero) is 1. The number of esters is 1. The molecule has 1 aromatic heterocycles. The number of anilines is 1. The first-order valence-electron chi connectivity index (χ1n) is 7.12. The van der Waals surface area contributed by atoms with Gasteiger partial charge in [-0.05, 0) is 32.0 Å². The maximum Gasteiger partial charge on any atom is 0.355 e. The molecule has 1 amide bonds. The molecular weight excluding hydrogens is 296 g/mol. The van der Waals surface area contributed by atoms with E-state index in [1.54, 1.807) is 37.5 Å². The second-order valence-corrected chi connectivity index (χ2v) is 5.18. The van der Waals surface area contributed by atoms with Gasteiger partial charge in [0, 0.05) is 24.5 Å². The lowest BCUT2D eigenvalue weighted by Crippen LogP contribution is -2.30. The van der Waals surface area contributed by atoms with E-state index in [2.05, 4.69) is 5.32 Å². The summed E-state index contributed by atoms with van der Waals surface area (Å²) in [7, 11) is 1.64. The Kier molecular flexibility index (Phi) is 4.95. The number of ether oxygens (including phenoxy) is 1. The number of carbonyl (C=O) groups excluding carboxylic acids is 3. The van der Waals surface area contributed by atoms with Crippen LogP contribution in [0, 0.1) is 0 Å². The predicted molar refractivity (Wildman–Crippen MR) is 85.4 cm³/mol. The molecule has 6 heteroatoms. The molecule has 0 aliphatic carbocycles. The number of ketones is 1. The highest BCUT2D eigenvalue weighted by atomic mass is 16.5. The summed E-state index contributed by atoms with van der Waals surface area (Å²) < 4.78 is 6.66. The lowest BCUT2D eigenvalue weighted by Gasteiger charge is -2.13. The Morgan fingerprint density at radius 2 is 1.83 bits per heavy atom. The number of nitrogens with zero attached hydrogens (tertiary/aromatic N) is 1. The molecule has 120 valence electrons. The number of hydrogen-bond donors (Lipinski definition) is 1. The molecule has 23 heavy (non-hydrogen) atoms. The molecule has 0 bridgehead atoms. The van der Waals surface area contributed by atoms with Crippen molar-refractivity contribution in [1.29, 1.82) is 0 Å². The number of benzene rings is 1. The standard InChI is InChI=1S/C17H18N2O4/c1-11(20)13-9-15(19(3)10-13)17(22)23-12(2)16(21)18-14-7-5-4-6-8-14/h4-10,12H,1-3H3,(H,18,21)/t12-/m1/s1. The van der Waals surface area contributed by atoms with Crippen molar-refractivity contribution < 1.29 is 19.1 Å². The molecular formula is C17H18N2O4. The van der Waals surface area contributed by atoms with Crippen molar-refractivity contribution in [3.63, 3.8) is 0 Å². The zero-order chi connectivity index (χ0) is 17.0. The number of hydrogen-bond acceptors (Lipinski definition) is 4. The van der Waals surface area contributed by atoms with Gasteiger partial charge in [-0.3, -0.25) is 9.59 Å². The summed E-state index contributed by atoms with van der Waals surface area (Å²) in [5, 5.41) is 2.66. The Balaban J connectivity index is 2.02. The van der Waals surface area contributed by atoms with Gasteiger partial charge in [0.1, 0.15) is 5.69 Å². The minimum Gasteiger partial charge on any atom is -0.448 e. The van der Waals surface area contributed by atoms with E-state index in [1.165, 1.54) is 24.5 Å². The van der Waals surface area contributed by atoms with E-state index in [4.69, 9.17) is 4.74 Å². The predicted octanol–water partition coefficient (Wildman–Crippen LogP) is 2.41. The third kappa shape index (κ3) is 4.06. The minimum atomic E-state index is -0.960. The van der Waals surface area contributed by atoms with Crippen molar-refractivity contribution in [3.8, 4) is 0 Å². The molecule has 0 unspecified atom stereocenters. The number of aryl methyl sites for hydroxylation is 1. The third-order valence-electron chi connectivity index (χ3n) is 3.31. The van der Waals surface area contributed by atoms with E-state index in [9.17, 15) is 14.4 Å². The molecule has 0 aliphatic heterocycles. The highest BCUT2D eigenvalue weighted by molar-refractivity contribution is 5.99. The van der Waals surface area contributed by atoms with Gasteiger partial charge >= 0.3 is 5.97 Å². The van der Waals surface area contributed by atoms with Crippen molar-refractivity contribution in [3.05, 3.63) is 53.9 Å². The second-order valence-electron chi connectivity index (χ2n) is 5.18. The van der Waals surface area contributed by atoms with Crippen LogP contribution in [0.5, 0.6) is 0 Å². The van der Waals surface area contributed by atoms with Crippen LogP contribution in [0.2, 0.25) is 0 Å². The van der Waals surface area contributed by atoms with Crippen LogP contribution in [0.15, 0.2) is 42.6 Å². The van der Waals surface area contributed by atoms with Gasteiger partial charge in [-0.2, -0.15) is 0 Å². The molecule has 0 fully saturated rings. The van der Waals surface area contributed by atoms with E-state index in [-0.39, 0.29) is 11.5 Å². The van der Waals surface area contributed by atoms with Crippen LogP contribution in [-0.4, -0.2) is 28.3 Å². The first kappa shape index (κ1) is 16.5. The number of nitrogens with one attached hydrogen (secondary N) is 1. The summed E-state index contributed by atoms with van der Waals surface area (Å²) in [5.41, 5.74) is 1.26. The molecule has 0 saturated carbocycles. The Hall–Kier alpha value is -2.89. The Labute approximate surface area is 134 Å². The highest BCUT2D eigenvalue weighted by Crippen LogP contribution is 2.12. The van der Waals surface area contributed by atoms with Gasteiger partial charge in [-0.15, -0.1) is 0 Å². The van der Waals surface area contributed by atoms with Crippen LogP contribution in [0.4, 0.5) is 5.69 Å². The normalized spacial score (nSPS) is 11.6. The summed E-state index contributed by atoms with van der Waals surface area (Å²) >= 11 is 0. The number of rotatable bonds is 5. The van der Waals surface area contributed by atoms with E-state index >= 15 is 0 Å². The van der Waals surface area contributed by atoms with Crippen LogP contribution in [0.1, 0.15) is 34.7 Å². The third-order valence-corrected chi connectivity index (χ3v) is 3.31. The Morgan fingerprint density at radius 1 is 1.17 bits per heavy atom. The number of aromatic nitrogens is 1. The summed E-state index contributed by atoms with van der Waals surface area (Å²) in [6.45, 7) is 2.91. The van der Waals surface area contributed by atoms with Crippen LogP contribution in [0.25, 0.3) is 0 Å². The number of amides is 1. The van der Waals surface area contributed by atoms with Crippen molar-refractivity contribution in [1.82, 2.24) is 4.57 Å². The van der Waals surface area contributed by atoms with E-state index < -0.39 is 18.0 Å². The number of carbonyl (C=O) groups is 3. The monoisotopic (exact) mass is 314 g/mol. The van der Waals surface area contributed by atoms with Gasteiger partial charge < -0.3 is 14.6 Å². The van der Waals surface area contributed by atoms with Crippen molar-refractivity contribution in [2.75, 3.05) is 5.32 Å². The summed E-state index contributed by atoms with van der Waals surface area (Å²) in [6.07, 6.45) is 0.589. The zero-order valence-electron chi connectivity index (χ0n) is 13.2. The molecule has 1 atom stereocenters. The summed E-state index contributed by atoms with van der Waals surface area (Å²) in [6, 6.07) is 10.3. The van der Waals surface area contributed by atoms with E-state index in [0.717, 1.165) is 0 Å². The molecule has 6 nitrogen and oxygen atoms in total. The Morgan fingerprint density at radius 3 is 2.39 bits per heavy atom. The molecule has 2 rings (SSSR count). The largest absolute Gasteiger partial charge is 0.448 e. The van der Waals surface area contributed by atoms with Crippen LogP contribution >= 0.6 is 0 Å². The smallest absolute Gasteiger partial charge is 0.355 e. The fourth-order valence-electron chi connectivity index (χ4n) is 2.00. The first-order chi connectivity index (χ1) is 10.9. The topological polar surface area (TPSA) is 77.4 Å². The average Bonchev–Trinajstić information content (AvgIpc) is 2.90. The van der Waals surface area contributed by atoms with Gasteiger partial charge in [0.2, 0.25) is 0 Å². The fraction of sp³-hybridized carbons (Fsp3) is 0.235. The van der Waals surface area contributed by atoms with E-state index in [0.29, 0.717) is 11.3 Å². The lowest BCUT2D eigenvalue weighted by atomic mass is 10.2. The average molecular weight is 314 g/mol. The maximum absolute atomic E-state index is 12.1. The molecule has 0 saturated heterocycles. The summed E-state index contributed by atoms with van der Waals surface area (Å²) in [5.74, 6) is -1.23. The molecule has 0 radical (unpaired) electrons. The van der Waals surface area contributed by atoms with Crippen molar-refractivity contribution >= 4 is 23.3 Å². The zero-order valence-corrected chi connectivity index (χ0v) is 13.2. The molecule has 0 spiro atoms. The van der Waals surface area contributed by atoms with Crippen LogP contribution in [-0.2, 0) is 16.6 Å². The van der Waals surface area contributed by atoms with Gasteiger partial charge in [-0.25, -0.2) is 4.79 Å². The lowest BCUT2D eigenvalue weighted by molar-refractivity contribution is -0.123. The SMILES string of the molecule is CC(=O)c1cc(C(=O)O[C@H](C)C(=O)Nc2ccccc2)n(C)c1. The van der Waals surface area contributed by atoms with E-state index in [1.807, 2.05) is 6.07 Å². The maximum atomic E-state index is 12.1. The molecule has 1 aromatic carbocycles. The molecule has 1 N–H and O–H groups in total. The number of para-hydroxylation sites is 1. The first-order valence-corrected chi connectivity index (χ1v) is 7.12. The highest BCUT2D eigenvalue weighted by Gasteiger charge is 2.21. The van der Waals surface area contributed by atoms with Gasteiger partial charge in [0.25, 0.3) is 5.91 Å². The van der Waals surface area contributed by atoms with Crippen LogP contribution in [0.3, 0.4) is 0 Å². The van der Waals surface area contributed by atoms with Gasteiger partial charge in [0.15, 0.2) is 11.9 Å². The quantitative estimate of drug-likeness (QED) is 0.679. The molecule has 2 aromatic rings. The van der Waals surface area contributed by atoms with Crippen LogP contribution < -0.4 is 5.32 Å².